The zero-order valence-corrected chi connectivity index (χ0v) is 17.6. The summed E-state index contributed by atoms with van der Waals surface area (Å²) >= 11 is 0. The first-order valence-corrected chi connectivity index (χ1v) is 10.1. The maximum Gasteiger partial charge on any atom is 0.303 e. The summed E-state index contributed by atoms with van der Waals surface area (Å²) < 4.78 is 25.8. The van der Waals surface area contributed by atoms with Gasteiger partial charge >= 0.3 is 5.97 Å². The van der Waals surface area contributed by atoms with E-state index in [1.165, 1.54) is 6.07 Å². The average molecular weight is 433 g/mol. The van der Waals surface area contributed by atoms with Crippen LogP contribution >= 0.6 is 0 Å². The molecule has 8 heteroatoms. The van der Waals surface area contributed by atoms with Crippen LogP contribution in [0.25, 0.3) is 28.4 Å². The van der Waals surface area contributed by atoms with Crippen LogP contribution in [0.4, 0.5) is 4.39 Å². The number of aromatic nitrogens is 2. The largest absolute Gasteiger partial charge is 0.490 e. The number of benzene rings is 2. The summed E-state index contributed by atoms with van der Waals surface area (Å²) in [7, 11) is 0. The molecule has 3 aromatic rings. The second-order valence-electron chi connectivity index (χ2n) is 7.69. The van der Waals surface area contributed by atoms with Crippen LogP contribution in [0.5, 0.6) is 5.75 Å². The molecular weight excluding hydrogens is 413 g/mol. The molecule has 1 aliphatic carbocycles. The van der Waals surface area contributed by atoms with Gasteiger partial charge in [-0.1, -0.05) is 17.3 Å². The Kier molecular flexibility index (Phi) is 5.73. The van der Waals surface area contributed by atoms with Gasteiger partial charge in [0.15, 0.2) is 0 Å². The van der Waals surface area contributed by atoms with Crippen LogP contribution in [-0.2, 0) is 11.2 Å². The molecule has 2 aromatic carbocycles. The zero-order valence-electron chi connectivity index (χ0n) is 17.6. The Hall–Kier alpha value is -3.99. The van der Waals surface area contributed by atoms with Crippen LogP contribution in [0.15, 0.2) is 40.9 Å². The van der Waals surface area contributed by atoms with Gasteiger partial charge in [-0.3, -0.25) is 4.79 Å². The Morgan fingerprint density at radius 3 is 2.88 bits per heavy atom. The van der Waals surface area contributed by atoms with Crippen molar-refractivity contribution in [1.29, 1.82) is 5.26 Å². The van der Waals surface area contributed by atoms with Crippen molar-refractivity contribution in [1.82, 2.24) is 10.1 Å². The fourth-order valence-corrected chi connectivity index (χ4v) is 3.74. The Labute approximate surface area is 183 Å². The fourth-order valence-electron chi connectivity index (χ4n) is 3.74. The van der Waals surface area contributed by atoms with Gasteiger partial charge < -0.3 is 14.4 Å². The Morgan fingerprint density at radius 1 is 1.34 bits per heavy atom. The summed E-state index contributed by atoms with van der Waals surface area (Å²) in [5, 5.41) is 22.4. The molecular formula is C24H20FN3O4. The van der Waals surface area contributed by atoms with Crippen molar-refractivity contribution in [3.05, 3.63) is 58.9 Å². The molecule has 1 N–H and O–H groups in total. The number of hydrogen-bond donors (Lipinski definition) is 1. The molecule has 0 fully saturated rings. The van der Waals surface area contributed by atoms with Crippen molar-refractivity contribution < 1.29 is 23.6 Å². The molecule has 7 nitrogen and oxygen atoms in total. The third kappa shape index (κ3) is 4.10. The maximum absolute atomic E-state index is 14.8. The third-order valence-corrected chi connectivity index (χ3v) is 5.13. The van der Waals surface area contributed by atoms with Gasteiger partial charge in [0, 0.05) is 12.0 Å². The van der Waals surface area contributed by atoms with E-state index in [-0.39, 0.29) is 29.8 Å². The number of aliphatic carboxylic acids is 1. The SMILES string of the molecule is CC(C)Oc1ccc(-c2nc(-c3c(F)ccc4c3CC=C4CCC(=O)O)no2)cc1C#N. The highest BCUT2D eigenvalue weighted by molar-refractivity contribution is 5.81. The van der Waals surface area contributed by atoms with Gasteiger partial charge in [-0.15, -0.1) is 0 Å². The van der Waals surface area contributed by atoms with Crippen LogP contribution in [0.1, 0.15) is 43.4 Å². The third-order valence-electron chi connectivity index (χ3n) is 5.13. The lowest BCUT2D eigenvalue weighted by molar-refractivity contribution is -0.136. The number of carboxylic acids is 1. The van der Waals surface area contributed by atoms with Crippen molar-refractivity contribution in [2.45, 2.75) is 39.2 Å². The van der Waals surface area contributed by atoms with Crippen molar-refractivity contribution in [2.24, 2.45) is 0 Å². The minimum atomic E-state index is -0.883. The summed E-state index contributed by atoms with van der Waals surface area (Å²) in [6.07, 6.45) is 2.65. The van der Waals surface area contributed by atoms with Gasteiger partial charge in [-0.05, 0) is 67.7 Å². The highest BCUT2D eigenvalue weighted by Crippen LogP contribution is 2.38. The second-order valence-corrected chi connectivity index (χ2v) is 7.69. The van der Waals surface area contributed by atoms with Crippen molar-refractivity contribution in [3.63, 3.8) is 0 Å². The van der Waals surface area contributed by atoms with Crippen molar-refractivity contribution in [2.75, 3.05) is 0 Å². The molecule has 1 heterocycles. The number of ether oxygens (including phenoxy) is 1. The zero-order chi connectivity index (χ0) is 22.8. The highest BCUT2D eigenvalue weighted by atomic mass is 19.1. The van der Waals surface area contributed by atoms with E-state index in [1.807, 2.05) is 19.9 Å². The topological polar surface area (TPSA) is 109 Å². The first-order chi connectivity index (χ1) is 15.4. The van der Waals surface area contributed by atoms with E-state index >= 15 is 0 Å². The van der Waals surface area contributed by atoms with E-state index in [9.17, 15) is 14.4 Å². The fraction of sp³-hybridized carbons (Fsp3) is 0.250. The van der Waals surface area contributed by atoms with Gasteiger partial charge in [-0.25, -0.2) is 4.39 Å². The molecule has 4 rings (SSSR count). The summed E-state index contributed by atoms with van der Waals surface area (Å²) in [4.78, 5) is 15.3. The highest BCUT2D eigenvalue weighted by Gasteiger charge is 2.25. The summed E-state index contributed by atoms with van der Waals surface area (Å²) in [5.74, 6) is -0.656. The van der Waals surface area contributed by atoms with E-state index in [0.717, 1.165) is 11.1 Å². The van der Waals surface area contributed by atoms with E-state index in [2.05, 4.69) is 16.2 Å². The number of hydrogen-bond acceptors (Lipinski definition) is 6. The van der Waals surface area contributed by atoms with Crippen LogP contribution in [0, 0.1) is 17.1 Å². The monoisotopic (exact) mass is 433 g/mol. The second kappa shape index (κ2) is 8.63. The number of halogens is 1. The molecule has 0 saturated heterocycles. The number of carbonyl (C=O) groups is 1. The van der Waals surface area contributed by atoms with Crippen LogP contribution in [0.3, 0.4) is 0 Å². The summed E-state index contributed by atoms with van der Waals surface area (Å²) in [6.45, 7) is 3.74. The normalized spacial score (nSPS) is 12.4. The number of nitrogens with zero attached hydrogens (tertiary/aromatic N) is 3. The Bertz CT molecular complexity index is 1270. The molecule has 0 aliphatic heterocycles. The van der Waals surface area contributed by atoms with Crippen LogP contribution in [0.2, 0.25) is 0 Å². The molecule has 1 aromatic heterocycles. The van der Waals surface area contributed by atoms with E-state index in [1.54, 1.807) is 24.3 Å². The smallest absolute Gasteiger partial charge is 0.303 e. The molecule has 0 saturated carbocycles. The van der Waals surface area contributed by atoms with Gasteiger partial charge in [0.05, 0.1) is 17.2 Å². The van der Waals surface area contributed by atoms with Crippen molar-refractivity contribution in [3.8, 4) is 34.7 Å². The number of allylic oxidation sites excluding steroid dienone is 2. The molecule has 0 amide bonds. The molecule has 0 unspecified atom stereocenters. The molecule has 0 bridgehead atoms. The predicted molar refractivity (Wildman–Crippen MR) is 114 cm³/mol. The minimum absolute atomic E-state index is 0.00207. The first kappa shape index (κ1) is 21.2. The van der Waals surface area contributed by atoms with E-state index in [0.29, 0.717) is 35.3 Å². The standard InChI is InChI=1S/C24H20FN3O4/c1-13(2)31-20-9-4-15(11-16(20)12-26)24-27-23(28-32-24)22-18-6-3-14(5-10-21(29)30)17(18)7-8-19(22)25/h3-4,7-9,11,13H,5-6,10H2,1-2H3,(H,29,30). The number of nitriles is 1. The van der Waals surface area contributed by atoms with E-state index < -0.39 is 11.8 Å². The van der Waals surface area contributed by atoms with E-state index in [4.69, 9.17) is 14.4 Å². The van der Waals surface area contributed by atoms with Gasteiger partial charge in [0.2, 0.25) is 5.82 Å². The number of fused-ring (bicyclic) bond motifs is 1. The Balaban J connectivity index is 1.67. The molecule has 0 atom stereocenters. The first-order valence-electron chi connectivity index (χ1n) is 10.1. The Morgan fingerprint density at radius 2 is 2.16 bits per heavy atom. The summed E-state index contributed by atoms with van der Waals surface area (Å²) in [5.41, 5.74) is 3.46. The summed E-state index contributed by atoms with van der Waals surface area (Å²) in [6, 6.07) is 10.0. The van der Waals surface area contributed by atoms with Crippen LogP contribution < -0.4 is 4.74 Å². The van der Waals surface area contributed by atoms with Crippen molar-refractivity contribution >= 4 is 11.5 Å². The number of carboxylic acid groups (broad SMARTS) is 1. The average Bonchev–Trinajstić information content (AvgIpc) is 3.39. The minimum Gasteiger partial charge on any atom is -0.490 e. The van der Waals surface area contributed by atoms with Gasteiger partial charge in [0.25, 0.3) is 5.89 Å². The van der Waals surface area contributed by atoms with Crippen LogP contribution in [-0.4, -0.2) is 27.3 Å². The number of rotatable bonds is 7. The molecule has 0 spiro atoms. The lowest BCUT2D eigenvalue weighted by Gasteiger charge is -2.11. The lowest BCUT2D eigenvalue weighted by atomic mass is 9.97. The molecule has 32 heavy (non-hydrogen) atoms. The lowest BCUT2D eigenvalue weighted by Crippen LogP contribution is -2.06. The molecule has 1 aliphatic rings. The quantitative estimate of drug-likeness (QED) is 0.558. The predicted octanol–water partition coefficient (Wildman–Crippen LogP) is 5.01. The van der Waals surface area contributed by atoms with Gasteiger partial charge in [0.1, 0.15) is 17.6 Å². The van der Waals surface area contributed by atoms with Gasteiger partial charge in [-0.2, -0.15) is 10.2 Å². The molecule has 162 valence electrons. The molecule has 0 radical (unpaired) electrons. The maximum atomic E-state index is 14.8.